The summed E-state index contributed by atoms with van der Waals surface area (Å²) in [5.41, 5.74) is -1.35. The Bertz CT molecular complexity index is 1160. The minimum atomic E-state index is -1.14. The zero-order chi connectivity index (χ0) is 36.5. The van der Waals surface area contributed by atoms with Gasteiger partial charge in [-0.1, -0.05) is 58.9 Å². The lowest BCUT2D eigenvalue weighted by Gasteiger charge is -2.39. The van der Waals surface area contributed by atoms with Crippen molar-refractivity contribution in [1.82, 2.24) is 9.80 Å². The highest BCUT2D eigenvalue weighted by atomic mass is 16.6. The Morgan fingerprint density at radius 1 is 1.20 bits per heavy atom. The van der Waals surface area contributed by atoms with Gasteiger partial charge in [-0.25, -0.2) is 4.79 Å². The average molecular weight is 693 g/mol. The molecule has 2 fully saturated rings. The SMILES string of the molecule is CCC(O)C(C)C1OC1CC(C)(O)C=CC=C(C)C1OC(=O)CC(O)CCC(C)(OC)C(OC(=O)N2CCN(CC(C)C)CC2)C=CC1C. The van der Waals surface area contributed by atoms with E-state index < -0.39 is 47.7 Å². The smallest absolute Gasteiger partial charge is 0.410 e. The fourth-order valence-electron chi connectivity index (χ4n) is 6.82. The van der Waals surface area contributed by atoms with E-state index in [4.69, 9.17) is 18.9 Å². The van der Waals surface area contributed by atoms with Gasteiger partial charge >= 0.3 is 12.1 Å². The number of rotatable bonds is 12. The number of esters is 1. The number of piperazine rings is 1. The number of allylic oxidation sites excluding steroid dienone is 2. The van der Waals surface area contributed by atoms with Crippen molar-refractivity contribution < 1.29 is 43.9 Å². The van der Waals surface area contributed by atoms with Gasteiger partial charge in [0.15, 0.2) is 6.10 Å². The Morgan fingerprint density at radius 2 is 1.88 bits per heavy atom. The lowest BCUT2D eigenvalue weighted by molar-refractivity contribution is -0.151. The van der Waals surface area contributed by atoms with Crippen LogP contribution < -0.4 is 0 Å². The number of epoxide rings is 1. The Hall–Kier alpha value is -2.28. The van der Waals surface area contributed by atoms with Gasteiger partial charge in [-0.2, -0.15) is 0 Å². The van der Waals surface area contributed by atoms with Gasteiger partial charge in [0.2, 0.25) is 0 Å². The molecule has 0 saturated carbocycles. The predicted octanol–water partition coefficient (Wildman–Crippen LogP) is 4.64. The number of amides is 1. The number of aliphatic hydroxyl groups excluding tert-OH is 2. The molecular weight excluding hydrogens is 628 g/mol. The van der Waals surface area contributed by atoms with Crippen LogP contribution in [0.3, 0.4) is 0 Å². The summed E-state index contributed by atoms with van der Waals surface area (Å²) in [5, 5.41) is 32.0. The average Bonchev–Trinajstić information content (AvgIpc) is 3.80. The van der Waals surface area contributed by atoms with E-state index in [1.807, 2.05) is 52.8 Å². The van der Waals surface area contributed by atoms with Gasteiger partial charge in [-0.3, -0.25) is 9.69 Å². The third-order valence-electron chi connectivity index (χ3n) is 10.3. The van der Waals surface area contributed by atoms with Crippen LogP contribution in [0.2, 0.25) is 0 Å². The predicted molar refractivity (Wildman–Crippen MR) is 189 cm³/mol. The first-order valence-electron chi connectivity index (χ1n) is 18.2. The van der Waals surface area contributed by atoms with E-state index in [1.54, 1.807) is 31.1 Å². The molecule has 3 aliphatic rings. The van der Waals surface area contributed by atoms with Crippen LogP contribution in [0.25, 0.3) is 0 Å². The lowest BCUT2D eigenvalue weighted by Crippen LogP contribution is -2.52. The van der Waals surface area contributed by atoms with E-state index in [9.17, 15) is 24.9 Å². The number of carbonyl (C=O) groups is 2. The summed E-state index contributed by atoms with van der Waals surface area (Å²) in [6, 6.07) is 0. The van der Waals surface area contributed by atoms with Crippen molar-refractivity contribution in [1.29, 1.82) is 0 Å². The lowest BCUT2D eigenvalue weighted by atomic mass is 9.88. The molecule has 0 aromatic rings. The summed E-state index contributed by atoms with van der Waals surface area (Å²) in [6.07, 6.45) is 7.01. The van der Waals surface area contributed by atoms with E-state index in [1.165, 1.54) is 0 Å². The topological polar surface area (TPSA) is 142 Å². The van der Waals surface area contributed by atoms with Crippen molar-refractivity contribution in [3.05, 3.63) is 36.0 Å². The molecule has 0 aliphatic carbocycles. The third kappa shape index (κ3) is 12.5. The molecule has 0 aromatic carbocycles. The fourth-order valence-corrected chi connectivity index (χ4v) is 6.82. The molecule has 0 spiro atoms. The first-order chi connectivity index (χ1) is 23.0. The van der Waals surface area contributed by atoms with E-state index in [0.29, 0.717) is 38.3 Å². The van der Waals surface area contributed by atoms with Gasteiger partial charge in [0.25, 0.3) is 0 Å². The molecule has 0 bridgehead atoms. The molecule has 3 heterocycles. The van der Waals surface area contributed by atoms with Crippen molar-refractivity contribution in [3.8, 4) is 0 Å². The van der Waals surface area contributed by atoms with Gasteiger partial charge in [-0.05, 0) is 57.6 Å². The number of ether oxygens (including phenoxy) is 4. The number of methoxy groups -OCH3 is 1. The molecule has 1 amide bonds. The minimum absolute atomic E-state index is 0.00377. The van der Waals surface area contributed by atoms with Crippen LogP contribution in [-0.4, -0.2) is 125 Å². The van der Waals surface area contributed by atoms with Crippen LogP contribution in [0.1, 0.15) is 87.5 Å². The second-order valence-electron chi connectivity index (χ2n) is 15.4. The van der Waals surface area contributed by atoms with Crippen LogP contribution in [0.15, 0.2) is 36.0 Å². The van der Waals surface area contributed by atoms with E-state index in [0.717, 1.165) is 25.2 Å². The number of nitrogens with zero attached hydrogens (tertiary/aromatic N) is 2. The zero-order valence-corrected chi connectivity index (χ0v) is 31.3. The van der Waals surface area contributed by atoms with E-state index in [2.05, 4.69) is 18.7 Å². The number of carbonyl (C=O) groups excluding carboxylic acids is 2. The molecule has 11 nitrogen and oxygen atoms in total. The third-order valence-corrected chi connectivity index (χ3v) is 10.3. The van der Waals surface area contributed by atoms with Crippen LogP contribution >= 0.6 is 0 Å². The second kappa shape index (κ2) is 18.3. The standard InChI is InChI=1S/C38H64N2O9/c1-10-30(42)28(6)35-31(47-35)23-37(7,45)16-11-12-26(4)34-27(5)13-14-32(38(8,46-9)17-15-29(41)22-33(43)49-34)48-36(44)40-20-18-39(19-21-40)24-25(2)3/h11-14,16,25,27-32,34-35,41-42,45H,10,15,17-24H2,1-9H3. The maximum Gasteiger partial charge on any atom is 0.410 e. The van der Waals surface area contributed by atoms with Crippen LogP contribution in [0.5, 0.6) is 0 Å². The Kier molecular flexibility index (Phi) is 15.4. The quantitative estimate of drug-likeness (QED) is 0.115. The molecule has 0 aromatic heterocycles. The van der Waals surface area contributed by atoms with Gasteiger partial charge in [0.1, 0.15) is 11.7 Å². The fraction of sp³-hybridized carbons (Fsp3) is 0.789. The first-order valence-corrected chi connectivity index (χ1v) is 18.2. The summed E-state index contributed by atoms with van der Waals surface area (Å²) in [5.74, 6) is -0.282. The van der Waals surface area contributed by atoms with Gasteiger partial charge < -0.3 is 39.2 Å². The van der Waals surface area contributed by atoms with E-state index in [-0.39, 0.29) is 36.9 Å². The molecule has 49 heavy (non-hydrogen) atoms. The zero-order valence-electron chi connectivity index (χ0n) is 31.3. The van der Waals surface area contributed by atoms with Crippen molar-refractivity contribution in [2.75, 3.05) is 39.8 Å². The maximum atomic E-state index is 13.4. The minimum Gasteiger partial charge on any atom is -0.457 e. The highest BCUT2D eigenvalue weighted by molar-refractivity contribution is 5.70. The van der Waals surface area contributed by atoms with Gasteiger partial charge in [-0.15, -0.1) is 0 Å². The number of hydrogen-bond acceptors (Lipinski definition) is 10. The molecule has 11 heteroatoms. The highest BCUT2D eigenvalue weighted by Gasteiger charge is 2.47. The van der Waals surface area contributed by atoms with Crippen molar-refractivity contribution in [3.63, 3.8) is 0 Å². The summed E-state index contributed by atoms with van der Waals surface area (Å²) in [4.78, 5) is 30.5. The summed E-state index contributed by atoms with van der Waals surface area (Å²) in [6.45, 7) is 19.4. The van der Waals surface area contributed by atoms with Crippen molar-refractivity contribution in [2.24, 2.45) is 17.8 Å². The first kappa shape index (κ1) is 41.1. The van der Waals surface area contributed by atoms with Gasteiger partial charge in [0.05, 0.1) is 36.4 Å². The molecule has 3 rings (SSSR count). The van der Waals surface area contributed by atoms with Crippen molar-refractivity contribution >= 4 is 12.1 Å². The normalized spacial score (nSPS) is 33.4. The molecule has 2 saturated heterocycles. The monoisotopic (exact) mass is 692 g/mol. The largest absolute Gasteiger partial charge is 0.457 e. The summed E-state index contributed by atoms with van der Waals surface area (Å²) < 4.78 is 23.7. The molecular formula is C38H64N2O9. The molecule has 10 unspecified atom stereocenters. The summed E-state index contributed by atoms with van der Waals surface area (Å²) >= 11 is 0. The Balaban J connectivity index is 1.76. The number of hydrogen-bond donors (Lipinski definition) is 3. The maximum absolute atomic E-state index is 13.4. The number of aliphatic hydroxyl groups is 3. The molecule has 280 valence electrons. The molecule has 3 N–H and O–H groups in total. The van der Waals surface area contributed by atoms with Crippen LogP contribution in [-0.2, 0) is 23.7 Å². The second-order valence-corrected chi connectivity index (χ2v) is 15.4. The Labute approximate surface area is 294 Å². The summed E-state index contributed by atoms with van der Waals surface area (Å²) in [7, 11) is 1.57. The Morgan fingerprint density at radius 3 is 2.49 bits per heavy atom. The van der Waals surface area contributed by atoms with Crippen LogP contribution in [0, 0.1) is 17.8 Å². The highest BCUT2D eigenvalue weighted by Crippen LogP contribution is 2.37. The van der Waals surface area contributed by atoms with Gasteiger partial charge in [0, 0.05) is 58.1 Å². The molecule has 0 radical (unpaired) electrons. The molecule has 10 atom stereocenters. The van der Waals surface area contributed by atoms with Crippen molar-refractivity contribution in [2.45, 2.75) is 135 Å². The molecule has 3 aliphatic heterocycles. The van der Waals surface area contributed by atoms with E-state index >= 15 is 0 Å². The number of cyclic esters (lactones) is 1. The van der Waals surface area contributed by atoms with Crippen LogP contribution in [0.4, 0.5) is 4.79 Å².